The van der Waals surface area contributed by atoms with Crippen molar-refractivity contribution in [2.24, 2.45) is 0 Å². The van der Waals surface area contributed by atoms with Gasteiger partial charge in [-0.05, 0) is 77.0 Å². The molecule has 21 heavy (non-hydrogen) atoms. The lowest BCUT2D eigenvalue weighted by Crippen LogP contribution is -2.35. The van der Waals surface area contributed by atoms with Gasteiger partial charge in [-0.15, -0.1) is 7.26 Å². The van der Waals surface area contributed by atoms with Crippen molar-refractivity contribution in [3.05, 3.63) is 6.16 Å². The zero-order chi connectivity index (χ0) is 14.5. The average Bonchev–Trinajstić information content (AvgIpc) is 2.59. The van der Waals surface area contributed by atoms with E-state index in [1.54, 1.807) is 77.0 Å². The summed E-state index contributed by atoms with van der Waals surface area (Å²) in [6, 6.07) is 0. The van der Waals surface area contributed by atoms with Crippen LogP contribution in [0.3, 0.4) is 0 Å². The molecule has 0 N–H and O–H groups in total. The van der Waals surface area contributed by atoms with Crippen LogP contribution in [-0.2, 0) is 0 Å². The first kappa shape index (κ1) is 16.3. The third kappa shape index (κ3) is 3.36. The Morgan fingerprint density at radius 3 is 1.05 bits per heavy atom. The molecule has 3 fully saturated rings. The van der Waals surface area contributed by atoms with Crippen LogP contribution in [-0.4, -0.2) is 17.0 Å². The summed E-state index contributed by atoms with van der Waals surface area (Å²) >= 11 is 0. The zero-order valence-corrected chi connectivity index (χ0v) is 15.3. The summed E-state index contributed by atoms with van der Waals surface area (Å²) < 4.78 is 0. The summed E-state index contributed by atoms with van der Waals surface area (Å²) in [5.74, 6) is 0. The quantitative estimate of drug-likeness (QED) is 0.381. The molecule has 3 aliphatic carbocycles. The third-order valence-corrected chi connectivity index (χ3v) is 13.3. The van der Waals surface area contributed by atoms with Gasteiger partial charge in [0.05, 0.1) is 0 Å². The molecule has 0 atom stereocenters. The normalized spacial score (nSPS) is 27.9. The minimum absolute atomic E-state index is 0.828. The molecule has 1 heteroatoms. The molecule has 0 saturated heterocycles. The molecule has 0 nitrogen and oxygen atoms in total. The van der Waals surface area contributed by atoms with Crippen molar-refractivity contribution in [2.75, 3.05) is 0 Å². The molecule has 0 aromatic carbocycles. The van der Waals surface area contributed by atoms with E-state index in [2.05, 4.69) is 13.1 Å². The Kier molecular flexibility index (Phi) is 6.06. The smallest absolute Gasteiger partial charge is 0.0438 e. The number of hydrogen-bond acceptors (Lipinski definition) is 0. The molecule has 0 spiro atoms. The highest BCUT2D eigenvalue weighted by molar-refractivity contribution is 7.79. The predicted molar refractivity (Wildman–Crippen MR) is 97.5 cm³/mol. The second kappa shape index (κ2) is 7.81. The van der Waals surface area contributed by atoms with Gasteiger partial charge in [-0.3, -0.25) is 0 Å². The van der Waals surface area contributed by atoms with E-state index in [1.165, 1.54) is 19.3 Å². The maximum Gasteiger partial charge on any atom is 0.0438 e. The second-order valence-corrected chi connectivity index (χ2v) is 12.5. The Morgan fingerprint density at radius 2 is 0.810 bits per heavy atom. The Morgan fingerprint density at radius 1 is 0.524 bits per heavy atom. The van der Waals surface area contributed by atoms with Crippen LogP contribution in [0, 0.1) is 6.16 Å². The van der Waals surface area contributed by atoms with Gasteiger partial charge < -0.3 is 0 Å². The summed E-state index contributed by atoms with van der Waals surface area (Å²) in [5.41, 5.74) is 3.42. The van der Waals surface area contributed by atoms with Gasteiger partial charge in [-0.25, -0.2) is 0 Å². The minimum Gasteiger partial charge on any atom is -0.168 e. The number of rotatable bonds is 4. The standard InChI is InChI=1S/C20H37P/c1-2-21(18-12-6-3-7-13-18,19-14-8-4-9-15-19)20-16-10-5-11-17-20/h2,18-20H,3-17H2,1H3. The van der Waals surface area contributed by atoms with Crippen molar-refractivity contribution in [2.45, 2.75) is 120 Å². The first-order valence-electron chi connectivity index (χ1n) is 10.1. The van der Waals surface area contributed by atoms with Crippen molar-refractivity contribution >= 4 is 7.26 Å². The summed E-state index contributed by atoms with van der Waals surface area (Å²) in [7, 11) is -0.828. The van der Waals surface area contributed by atoms with E-state index in [-0.39, 0.29) is 0 Å². The molecule has 0 bridgehead atoms. The molecular formula is C20H37P. The van der Waals surface area contributed by atoms with Crippen LogP contribution in [0.15, 0.2) is 0 Å². The molecule has 3 saturated carbocycles. The van der Waals surface area contributed by atoms with E-state index >= 15 is 0 Å². The molecule has 0 aromatic rings. The van der Waals surface area contributed by atoms with E-state index in [9.17, 15) is 0 Å². The van der Waals surface area contributed by atoms with Gasteiger partial charge in [0.25, 0.3) is 0 Å². The molecule has 0 unspecified atom stereocenters. The molecule has 0 aromatic heterocycles. The van der Waals surface area contributed by atoms with Crippen molar-refractivity contribution < 1.29 is 0 Å². The first-order chi connectivity index (χ1) is 10.4. The Labute approximate surface area is 134 Å². The van der Waals surface area contributed by atoms with Crippen molar-refractivity contribution in [1.82, 2.24) is 0 Å². The van der Waals surface area contributed by atoms with Gasteiger partial charge in [0, 0.05) is 17.0 Å². The van der Waals surface area contributed by atoms with Gasteiger partial charge in [-0.1, -0.05) is 19.3 Å². The fourth-order valence-corrected chi connectivity index (χ4v) is 12.9. The molecule has 0 radical (unpaired) electrons. The molecule has 0 amide bonds. The van der Waals surface area contributed by atoms with Gasteiger partial charge in [-0.2, -0.15) is 13.1 Å². The summed E-state index contributed by atoms with van der Waals surface area (Å²) in [4.78, 5) is 0. The van der Waals surface area contributed by atoms with Crippen LogP contribution < -0.4 is 0 Å². The van der Waals surface area contributed by atoms with Crippen LogP contribution in [0.5, 0.6) is 0 Å². The highest BCUT2D eigenvalue weighted by atomic mass is 31.2. The largest absolute Gasteiger partial charge is 0.168 e. The first-order valence-corrected chi connectivity index (χ1v) is 12.1. The lowest BCUT2D eigenvalue weighted by Gasteiger charge is -2.54. The van der Waals surface area contributed by atoms with E-state index in [4.69, 9.17) is 0 Å². The summed E-state index contributed by atoms with van der Waals surface area (Å²) in [5, 5.41) is 0. The zero-order valence-electron chi connectivity index (χ0n) is 14.4. The van der Waals surface area contributed by atoms with Gasteiger partial charge in [0.1, 0.15) is 0 Å². The van der Waals surface area contributed by atoms with Gasteiger partial charge in [0.2, 0.25) is 0 Å². The summed E-state index contributed by atoms with van der Waals surface area (Å²) in [6.07, 6.45) is 26.2. The molecule has 0 aliphatic heterocycles. The molecule has 3 rings (SSSR count). The Bertz CT molecular complexity index is 247. The Hall–Kier alpha value is 0.430. The average molecular weight is 308 g/mol. The van der Waals surface area contributed by atoms with E-state index in [0.717, 1.165) is 17.0 Å². The summed E-state index contributed by atoms with van der Waals surface area (Å²) in [6.45, 7) is 2.49. The van der Waals surface area contributed by atoms with Crippen LogP contribution in [0.4, 0.5) is 0 Å². The Balaban J connectivity index is 1.85. The van der Waals surface area contributed by atoms with Crippen LogP contribution in [0.25, 0.3) is 0 Å². The monoisotopic (exact) mass is 308 g/mol. The van der Waals surface area contributed by atoms with Crippen molar-refractivity contribution in [1.29, 1.82) is 0 Å². The van der Waals surface area contributed by atoms with Crippen molar-refractivity contribution in [3.8, 4) is 0 Å². The van der Waals surface area contributed by atoms with Crippen molar-refractivity contribution in [3.63, 3.8) is 0 Å². The lowest BCUT2D eigenvalue weighted by atomic mass is 9.99. The fraction of sp³-hybridized carbons (Fsp3) is 0.950. The van der Waals surface area contributed by atoms with Crippen LogP contribution >= 0.6 is 7.26 Å². The highest BCUT2D eigenvalue weighted by Gasteiger charge is 2.49. The number of hydrogen-bond donors (Lipinski definition) is 0. The maximum atomic E-state index is 2.87. The highest BCUT2D eigenvalue weighted by Crippen LogP contribution is 2.78. The predicted octanol–water partition coefficient (Wildman–Crippen LogP) is 7.18. The molecule has 3 aliphatic rings. The molecule has 122 valence electrons. The van der Waals surface area contributed by atoms with Crippen LogP contribution in [0.2, 0.25) is 0 Å². The fourth-order valence-electron chi connectivity index (χ4n) is 6.11. The molecular weight excluding hydrogens is 271 g/mol. The third-order valence-electron chi connectivity index (χ3n) is 7.07. The van der Waals surface area contributed by atoms with Gasteiger partial charge >= 0.3 is 0 Å². The topological polar surface area (TPSA) is 0 Å². The molecule has 0 heterocycles. The van der Waals surface area contributed by atoms with E-state index < -0.39 is 7.26 Å². The van der Waals surface area contributed by atoms with Gasteiger partial charge in [0.15, 0.2) is 0 Å². The minimum atomic E-state index is -0.828. The van der Waals surface area contributed by atoms with Crippen LogP contribution in [0.1, 0.15) is 103 Å². The lowest BCUT2D eigenvalue weighted by molar-refractivity contribution is 0.453. The second-order valence-electron chi connectivity index (χ2n) is 8.03. The maximum absolute atomic E-state index is 2.87. The SMILES string of the molecule is C[CH-][P+](C1CCCCC1)(C1CCCCC1)C1CCCCC1. The van der Waals surface area contributed by atoms with E-state index in [1.807, 2.05) is 0 Å². The van der Waals surface area contributed by atoms with E-state index in [0.29, 0.717) is 0 Å².